The van der Waals surface area contributed by atoms with E-state index in [1.54, 1.807) is 6.20 Å². The zero-order chi connectivity index (χ0) is 24.9. The summed E-state index contributed by atoms with van der Waals surface area (Å²) in [5.74, 6) is 1.01. The molecule has 0 aromatic carbocycles. The van der Waals surface area contributed by atoms with Gasteiger partial charge in [0.1, 0.15) is 22.9 Å². The van der Waals surface area contributed by atoms with Crippen LogP contribution in [0.1, 0.15) is 43.0 Å². The highest BCUT2D eigenvalue weighted by atomic mass is 19.4. The van der Waals surface area contributed by atoms with E-state index in [1.807, 2.05) is 12.1 Å². The molecule has 1 spiro atoms. The van der Waals surface area contributed by atoms with Gasteiger partial charge in [-0.05, 0) is 56.3 Å². The van der Waals surface area contributed by atoms with Gasteiger partial charge in [0.25, 0.3) is 0 Å². The highest BCUT2D eigenvalue weighted by molar-refractivity contribution is 5.94. The van der Waals surface area contributed by atoms with Crippen LogP contribution < -0.4 is 16.0 Å². The molecule has 2 atom stereocenters. The summed E-state index contributed by atoms with van der Waals surface area (Å²) in [6.07, 6.45) is 1.53. The number of halogens is 3. The number of H-pyrrole nitrogens is 1. The molecule has 3 aromatic rings. The first-order valence-electron chi connectivity index (χ1n) is 12.6. The first-order chi connectivity index (χ1) is 17.4. The fourth-order valence-electron chi connectivity index (χ4n) is 6.30. The number of hydrogen-bond acceptors (Lipinski definition) is 7. The molecule has 6 rings (SSSR count). The molecule has 0 bridgehead atoms. The van der Waals surface area contributed by atoms with Crippen LogP contribution in [0.15, 0.2) is 24.5 Å². The fraction of sp³-hybridized carbons (Fsp3) is 0.560. The summed E-state index contributed by atoms with van der Waals surface area (Å²) in [6, 6.07) is 3.49. The van der Waals surface area contributed by atoms with Crippen molar-refractivity contribution in [2.45, 2.75) is 43.8 Å². The van der Waals surface area contributed by atoms with Crippen LogP contribution in [0.2, 0.25) is 0 Å². The highest BCUT2D eigenvalue weighted by Gasteiger charge is 2.50. The Kier molecular flexibility index (Phi) is 5.88. The molecular weight excluding hydrogens is 471 g/mol. The number of nitrogens with zero attached hydrogens (tertiary/aromatic N) is 4. The van der Waals surface area contributed by atoms with E-state index in [1.165, 1.54) is 0 Å². The normalized spacial score (nSPS) is 24.6. The number of pyridine rings is 1. The first kappa shape index (κ1) is 23.6. The van der Waals surface area contributed by atoms with Crippen LogP contribution >= 0.6 is 0 Å². The standard InChI is InChI=1S/C25H30F3N7O/c26-25(27,28)17-14-32-23(20-18(29)3-4-24(20)5-7-30-8-6-24)34-21(17)16-13-31-22-15(16)1-2-19(33-22)35-9-11-36-12-10-35/h1-2,13-14,18,20,30H,3-12,29H2,(H,31,33). The van der Waals surface area contributed by atoms with Crippen molar-refractivity contribution in [3.05, 3.63) is 35.9 Å². The van der Waals surface area contributed by atoms with Gasteiger partial charge >= 0.3 is 6.18 Å². The van der Waals surface area contributed by atoms with Gasteiger partial charge < -0.3 is 25.7 Å². The maximum atomic E-state index is 14.1. The Hall–Kier alpha value is -2.76. The van der Waals surface area contributed by atoms with Crippen molar-refractivity contribution in [1.82, 2.24) is 25.3 Å². The molecule has 2 unspecified atom stereocenters. The van der Waals surface area contributed by atoms with E-state index in [0.29, 0.717) is 35.6 Å². The van der Waals surface area contributed by atoms with Gasteiger partial charge in [-0.1, -0.05) is 0 Å². The van der Waals surface area contributed by atoms with Gasteiger partial charge in [0.05, 0.1) is 18.9 Å². The molecule has 4 N–H and O–H groups in total. The third-order valence-corrected chi connectivity index (χ3v) is 8.17. The highest BCUT2D eigenvalue weighted by Crippen LogP contribution is 2.53. The maximum Gasteiger partial charge on any atom is 0.419 e. The Morgan fingerprint density at radius 3 is 2.61 bits per heavy atom. The van der Waals surface area contributed by atoms with Crippen molar-refractivity contribution in [2.24, 2.45) is 11.1 Å². The monoisotopic (exact) mass is 501 g/mol. The molecule has 2 saturated heterocycles. The lowest BCUT2D eigenvalue weighted by Gasteiger charge is -2.39. The van der Waals surface area contributed by atoms with E-state index in [2.05, 4.69) is 30.2 Å². The number of nitrogens with two attached hydrogens (primary N) is 1. The van der Waals surface area contributed by atoms with Crippen LogP contribution in [-0.4, -0.2) is 65.4 Å². The molecule has 3 fully saturated rings. The maximum absolute atomic E-state index is 14.1. The summed E-state index contributed by atoms with van der Waals surface area (Å²) in [7, 11) is 0. The third-order valence-electron chi connectivity index (χ3n) is 8.17. The molecule has 11 heteroatoms. The number of anilines is 1. The minimum Gasteiger partial charge on any atom is -0.378 e. The average Bonchev–Trinajstić information content (AvgIpc) is 3.44. The lowest BCUT2D eigenvalue weighted by molar-refractivity contribution is -0.137. The molecule has 0 radical (unpaired) electrons. The molecule has 2 aliphatic heterocycles. The van der Waals surface area contributed by atoms with Crippen molar-refractivity contribution in [1.29, 1.82) is 0 Å². The fourth-order valence-corrected chi connectivity index (χ4v) is 6.30. The van der Waals surface area contributed by atoms with Gasteiger partial charge in [0.2, 0.25) is 0 Å². The molecule has 192 valence electrons. The quantitative estimate of drug-likeness (QED) is 0.505. The molecule has 5 heterocycles. The van der Waals surface area contributed by atoms with Crippen molar-refractivity contribution < 1.29 is 17.9 Å². The van der Waals surface area contributed by atoms with E-state index in [9.17, 15) is 13.2 Å². The van der Waals surface area contributed by atoms with E-state index >= 15 is 0 Å². The number of alkyl halides is 3. The molecule has 1 saturated carbocycles. The third kappa shape index (κ3) is 4.03. The number of aromatic amines is 1. The van der Waals surface area contributed by atoms with Crippen LogP contribution in [0.5, 0.6) is 0 Å². The summed E-state index contributed by atoms with van der Waals surface area (Å²) in [5, 5.41) is 3.97. The molecule has 1 aliphatic carbocycles. The molecule has 8 nitrogen and oxygen atoms in total. The van der Waals surface area contributed by atoms with Crippen LogP contribution in [0.3, 0.4) is 0 Å². The number of nitrogens with one attached hydrogen (secondary N) is 2. The molecule has 3 aliphatic rings. The number of piperidine rings is 1. The smallest absolute Gasteiger partial charge is 0.378 e. The Morgan fingerprint density at radius 1 is 1.08 bits per heavy atom. The minimum absolute atomic E-state index is 0.0729. The summed E-state index contributed by atoms with van der Waals surface area (Å²) in [6.45, 7) is 4.42. The topological polar surface area (TPSA) is 105 Å². The number of aromatic nitrogens is 4. The van der Waals surface area contributed by atoms with Crippen LogP contribution in [0.25, 0.3) is 22.3 Å². The van der Waals surface area contributed by atoms with E-state index in [-0.39, 0.29) is 23.1 Å². The zero-order valence-electron chi connectivity index (χ0n) is 19.9. The molecule has 36 heavy (non-hydrogen) atoms. The van der Waals surface area contributed by atoms with Crippen LogP contribution in [0.4, 0.5) is 19.0 Å². The molecule has 3 aromatic heterocycles. The largest absolute Gasteiger partial charge is 0.419 e. The number of ether oxygens (including phenoxy) is 1. The Labute approximate surface area is 206 Å². The van der Waals surface area contributed by atoms with Crippen molar-refractivity contribution in [3.8, 4) is 11.3 Å². The average molecular weight is 502 g/mol. The Balaban J connectivity index is 1.44. The van der Waals surface area contributed by atoms with Crippen LogP contribution in [0, 0.1) is 5.41 Å². The zero-order valence-corrected chi connectivity index (χ0v) is 19.9. The van der Waals surface area contributed by atoms with Crippen molar-refractivity contribution in [3.63, 3.8) is 0 Å². The summed E-state index contributed by atoms with van der Waals surface area (Å²) < 4.78 is 47.8. The predicted octanol–water partition coefficient (Wildman–Crippen LogP) is 3.45. The minimum atomic E-state index is -4.59. The lowest BCUT2D eigenvalue weighted by atomic mass is 9.70. The number of morpholine rings is 1. The van der Waals surface area contributed by atoms with E-state index in [4.69, 9.17) is 10.5 Å². The van der Waals surface area contributed by atoms with Crippen molar-refractivity contribution >= 4 is 16.9 Å². The second kappa shape index (κ2) is 8.97. The summed E-state index contributed by atoms with van der Waals surface area (Å²) >= 11 is 0. The van der Waals surface area contributed by atoms with Gasteiger partial charge in [-0.3, -0.25) is 0 Å². The molecular formula is C25H30F3N7O. The van der Waals surface area contributed by atoms with Gasteiger partial charge in [-0.15, -0.1) is 0 Å². The Bertz CT molecular complexity index is 1240. The second-order valence-electron chi connectivity index (χ2n) is 10.1. The van der Waals surface area contributed by atoms with Gasteiger partial charge in [-0.2, -0.15) is 13.2 Å². The SMILES string of the molecule is NC1CCC2(CCNCC2)C1c1ncc(C(F)(F)F)c(-c2c[nH]c3nc(N4CCOCC4)ccc23)n1. The summed E-state index contributed by atoms with van der Waals surface area (Å²) in [5.41, 5.74) is 6.38. The first-order valence-corrected chi connectivity index (χ1v) is 12.6. The van der Waals surface area contributed by atoms with E-state index < -0.39 is 11.7 Å². The second-order valence-corrected chi connectivity index (χ2v) is 10.1. The number of fused-ring (bicyclic) bond motifs is 1. The lowest BCUT2D eigenvalue weighted by Crippen LogP contribution is -2.42. The predicted molar refractivity (Wildman–Crippen MR) is 130 cm³/mol. The number of rotatable bonds is 3. The van der Waals surface area contributed by atoms with E-state index in [0.717, 1.165) is 63.9 Å². The molecule has 0 amide bonds. The van der Waals surface area contributed by atoms with Crippen LogP contribution in [-0.2, 0) is 10.9 Å². The Morgan fingerprint density at radius 2 is 1.86 bits per heavy atom. The van der Waals surface area contributed by atoms with Gasteiger partial charge in [0, 0.05) is 48.4 Å². The van der Waals surface area contributed by atoms with Gasteiger partial charge in [-0.25, -0.2) is 15.0 Å². The summed E-state index contributed by atoms with van der Waals surface area (Å²) in [4.78, 5) is 18.8. The number of hydrogen-bond donors (Lipinski definition) is 3. The van der Waals surface area contributed by atoms with Crippen molar-refractivity contribution in [2.75, 3.05) is 44.3 Å². The van der Waals surface area contributed by atoms with Gasteiger partial charge in [0.15, 0.2) is 0 Å².